The number of rotatable bonds is 3. The zero-order chi connectivity index (χ0) is 10.8. The van der Waals surface area contributed by atoms with Gasteiger partial charge in [-0.05, 0) is 25.0 Å². The van der Waals surface area contributed by atoms with E-state index in [0.717, 1.165) is 11.1 Å². The van der Waals surface area contributed by atoms with Crippen molar-refractivity contribution in [2.24, 2.45) is 0 Å². The van der Waals surface area contributed by atoms with Crippen LogP contribution in [0.15, 0.2) is 23.1 Å². The molecule has 1 aromatic rings. The summed E-state index contributed by atoms with van der Waals surface area (Å²) in [5, 5.41) is 8.67. The maximum absolute atomic E-state index is 11.7. The molecule has 0 unspecified atom stereocenters. The van der Waals surface area contributed by atoms with E-state index in [-0.39, 0.29) is 12.4 Å². The molecule has 0 aliphatic heterocycles. The fourth-order valence-electron chi connectivity index (χ4n) is 1.51. The molecular weight excluding hydrogens is 200 g/mol. The molecule has 0 heterocycles. The molecule has 78 valence electrons. The van der Waals surface area contributed by atoms with Crippen molar-refractivity contribution in [2.45, 2.75) is 18.7 Å². The summed E-state index contributed by atoms with van der Waals surface area (Å²) < 4.78 is 23.4. The first-order valence-corrected chi connectivity index (χ1v) is 6.04. The lowest BCUT2D eigenvalue weighted by Crippen LogP contribution is -2.12. The van der Waals surface area contributed by atoms with Gasteiger partial charge in [0.2, 0.25) is 0 Å². The first-order valence-electron chi connectivity index (χ1n) is 4.39. The van der Waals surface area contributed by atoms with Crippen molar-refractivity contribution in [3.05, 3.63) is 29.3 Å². The molecule has 0 amide bonds. The highest BCUT2D eigenvalue weighted by atomic mass is 32.2. The van der Waals surface area contributed by atoms with E-state index in [9.17, 15) is 8.42 Å². The van der Waals surface area contributed by atoms with Crippen molar-refractivity contribution >= 4 is 9.84 Å². The van der Waals surface area contributed by atoms with Crippen molar-refractivity contribution in [3.8, 4) is 0 Å². The van der Waals surface area contributed by atoms with Crippen molar-refractivity contribution < 1.29 is 13.5 Å². The molecule has 0 aromatic heterocycles. The van der Waals surface area contributed by atoms with Gasteiger partial charge in [-0.25, -0.2) is 8.42 Å². The van der Waals surface area contributed by atoms with Crippen LogP contribution in [-0.2, 0) is 9.84 Å². The van der Waals surface area contributed by atoms with Crippen LogP contribution in [0.3, 0.4) is 0 Å². The zero-order valence-electron chi connectivity index (χ0n) is 8.32. The largest absolute Gasteiger partial charge is 0.395 e. The van der Waals surface area contributed by atoms with Gasteiger partial charge in [-0.2, -0.15) is 0 Å². The summed E-state index contributed by atoms with van der Waals surface area (Å²) in [7, 11) is -3.32. The summed E-state index contributed by atoms with van der Waals surface area (Å²) in [6, 6.07) is 5.34. The number of aryl methyl sites for hydroxylation is 2. The predicted octanol–water partition coefficient (Wildman–Crippen LogP) is 1.07. The Hall–Kier alpha value is -0.870. The standard InChI is InChI=1S/C10H14O3S/c1-8-4-3-5-9(2)10(8)14(12,13)7-6-11/h3-5,11H,6-7H2,1-2H3. The number of benzene rings is 1. The van der Waals surface area contributed by atoms with Gasteiger partial charge in [0.15, 0.2) is 9.84 Å². The van der Waals surface area contributed by atoms with E-state index in [2.05, 4.69) is 0 Å². The van der Waals surface area contributed by atoms with Gasteiger partial charge < -0.3 is 5.11 Å². The summed E-state index contributed by atoms with van der Waals surface area (Å²) in [5.41, 5.74) is 1.47. The lowest BCUT2D eigenvalue weighted by atomic mass is 10.2. The van der Waals surface area contributed by atoms with Gasteiger partial charge in [0, 0.05) is 0 Å². The maximum Gasteiger partial charge on any atom is 0.181 e. The molecule has 0 spiro atoms. The Morgan fingerprint density at radius 3 is 2.14 bits per heavy atom. The van der Waals surface area contributed by atoms with Gasteiger partial charge in [-0.15, -0.1) is 0 Å². The minimum Gasteiger partial charge on any atom is -0.395 e. The summed E-state index contributed by atoms with van der Waals surface area (Å²) in [4.78, 5) is 0.356. The molecule has 0 saturated carbocycles. The Kier molecular flexibility index (Phi) is 3.29. The summed E-state index contributed by atoms with van der Waals surface area (Å²) in [6.07, 6.45) is 0. The zero-order valence-corrected chi connectivity index (χ0v) is 9.13. The minimum atomic E-state index is -3.32. The normalized spacial score (nSPS) is 11.6. The highest BCUT2D eigenvalue weighted by molar-refractivity contribution is 7.91. The Bertz CT molecular complexity index is 401. The van der Waals surface area contributed by atoms with Crippen LogP contribution in [0.4, 0.5) is 0 Å². The summed E-state index contributed by atoms with van der Waals surface area (Å²) >= 11 is 0. The molecule has 0 fully saturated rings. The van der Waals surface area contributed by atoms with Crippen molar-refractivity contribution in [1.82, 2.24) is 0 Å². The Morgan fingerprint density at radius 2 is 1.71 bits per heavy atom. The summed E-state index contributed by atoms with van der Waals surface area (Å²) in [5.74, 6) is -0.210. The van der Waals surface area contributed by atoms with Gasteiger partial charge in [0.1, 0.15) is 0 Å². The average Bonchev–Trinajstić information content (AvgIpc) is 2.02. The van der Waals surface area contributed by atoms with Crippen molar-refractivity contribution in [1.29, 1.82) is 0 Å². The molecule has 0 radical (unpaired) electrons. The second-order valence-corrected chi connectivity index (χ2v) is 5.31. The minimum absolute atomic E-state index is 0.210. The number of aliphatic hydroxyl groups excluding tert-OH is 1. The second kappa shape index (κ2) is 4.11. The van der Waals surface area contributed by atoms with E-state index < -0.39 is 9.84 Å². The number of sulfone groups is 1. The molecule has 4 heteroatoms. The fraction of sp³-hybridized carbons (Fsp3) is 0.400. The topological polar surface area (TPSA) is 54.4 Å². The van der Waals surface area contributed by atoms with Crippen LogP contribution < -0.4 is 0 Å². The van der Waals surface area contributed by atoms with Crippen LogP contribution >= 0.6 is 0 Å². The van der Waals surface area contributed by atoms with Crippen LogP contribution in [0.2, 0.25) is 0 Å². The quantitative estimate of drug-likeness (QED) is 0.818. The van der Waals surface area contributed by atoms with Gasteiger partial charge in [0.05, 0.1) is 17.3 Å². The van der Waals surface area contributed by atoms with E-state index in [1.54, 1.807) is 26.0 Å². The second-order valence-electron chi connectivity index (χ2n) is 3.26. The highest BCUT2D eigenvalue weighted by Gasteiger charge is 2.18. The third-order valence-corrected chi connectivity index (χ3v) is 4.07. The van der Waals surface area contributed by atoms with Gasteiger partial charge in [-0.3, -0.25) is 0 Å². The van der Waals surface area contributed by atoms with Gasteiger partial charge in [0.25, 0.3) is 0 Å². The molecule has 0 saturated heterocycles. The van der Waals surface area contributed by atoms with Gasteiger partial charge >= 0.3 is 0 Å². The first kappa shape index (κ1) is 11.2. The van der Waals surface area contributed by atoms with Crippen LogP contribution in [0, 0.1) is 13.8 Å². The van der Waals surface area contributed by atoms with E-state index in [0.29, 0.717) is 4.90 Å². The van der Waals surface area contributed by atoms with Crippen molar-refractivity contribution in [3.63, 3.8) is 0 Å². The molecule has 0 aliphatic carbocycles. The molecule has 0 bridgehead atoms. The Balaban J connectivity index is 3.32. The SMILES string of the molecule is Cc1cccc(C)c1S(=O)(=O)CCO. The third-order valence-electron chi connectivity index (χ3n) is 2.08. The maximum atomic E-state index is 11.7. The highest BCUT2D eigenvalue weighted by Crippen LogP contribution is 2.20. The predicted molar refractivity (Wildman–Crippen MR) is 55.1 cm³/mol. The monoisotopic (exact) mass is 214 g/mol. The average molecular weight is 214 g/mol. The number of hydrogen-bond donors (Lipinski definition) is 1. The number of hydrogen-bond acceptors (Lipinski definition) is 3. The molecule has 14 heavy (non-hydrogen) atoms. The van der Waals surface area contributed by atoms with Crippen LogP contribution in [-0.4, -0.2) is 25.9 Å². The molecule has 0 atom stereocenters. The van der Waals surface area contributed by atoms with E-state index in [1.807, 2.05) is 6.07 Å². The molecule has 0 aliphatic rings. The molecule has 1 rings (SSSR count). The van der Waals surface area contributed by atoms with Crippen LogP contribution in [0.5, 0.6) is 0 Å². The third kappa shape index (κ3) is 2.13. The van der Waals surface area contributed by atoms with Gasteiger partial charge in [-0.1, -0.05) is 18.2 Å². The lowest BCUT2D eigenvalue weighted by Gasteiger charge is -2.09. The molecule has 1 aromatic carbocycles. The lowest BCUT2D eigenvalue weighted by molar-refractivity contribution is 0.319. The van der Waals surface area contributed by atoms with Crippen molar-refractivity contribution in [2.75, 3.05) is 12.4 Å². The Morgan fingerprint density at radius 1 is 1.21 bits per heavy atom. The van der Waals surface area contributed by atoms with E-state index in [4.69, 9.17) is 5.11 Å². The van der Waals surface area contributed by atoms with E-state index in [1.165, 1.54) is 0 Å². The molecular formula is C10H14O3S. The van der Waals surface area contributed by atoms with E-state index >= 15 is 0 Å². The fourth-order valence-corrected chi connectivity index (χ4v) is 3.07. The Labute approximate surface area is 84.3 Å². The number of aliphatic hydroxyl groups is 1. The first-order chi connectivity index (χ1) is 6.49. The van der Waals surface area contributed by atoms with Crippen LogP contribution in [0.1, 0.15) is 11.1 Å². The molecule has 3 nitrogen and oxygen atoms in total. The molecule has 1 N–H and O–H groups in total. The smallest absolute Gasteiger partial charge is 0.181 e. The summed E-state index contributed by atoms with van der Waals surface area (Å²) in [6.45, 7) is 3.19. The van der Waals surface area contributed by atoms with Crippen LogP contribution in [0.25, 0.3) is 0 Å².